The van der Waals surface area contributed by atoms with Gasteiger partial charge in [0.05, 0.1) is 14.8 Å². The summed E-state index contributed by atoms with van der Waals surface area (Å²) in [6.07, 6.45) is -4.12. The summed E-state index contributed by atoms with van der Waals surface area (Å²) < 4.78 is 85.7. The molecule has 0 aromatic heterocycles. The number of rotatable bonds is 1. The number of halogens is 8. The third kappa shape index (κ3) is 2.94. The van der Waals surface area contributed by atoms with Gasteiger partial charge in [-0.05, 0) is 57.3 Å². The largest absolute Gasteiger partial charge is 0.482 e. The third-order valence-electron chi connectivity index (χ3n) is 3.30. The molecule has 132 valence electrons. The van der Waals surface area contributed by atoms with Gasteiger partial charge < -0.3 is 10.1 Å². The molecule has 2 aromatic rings. The molecule has 0 fully saturated rings. The minimum absolute atomic E-state index is 0.0268. The number of fused-ring (bicyclic) bond motifs is 1. The fourth-order valence-electron chi connectivity index (χ4n) is 2.15. The Balaban J connectivity index is 2.25. The van der Waals surface area contributed by atoms with Crippen molar-refractivity contribution in [2.24, 2.45) is 0 Å². The monoisotopic (exact) mass is 585 g/mol. The molecule has 0 atom stereocenters. The second-order valence-electron chi connectivity index (χ2n) is 4.85. The molecular weight excluding hydrogens is 582 g/mol. The topological polar surface area (TPSA) is 38.3 Å². The molecule has 11 heteroatoms. The highest BCUT2D eigenvalue weighted by molar-refractivity contribution is 14.1. The zero-order chi connectivity index (χ0) is 18.7. The number of ether oxygens (including phenoxy) is 1. The summed E-state index contributed by atoms with van der Waals surface area (Å²) in [7, 11) is 0. The second-order valence-corrected chi connectivity index (χ2v) is 7.09. The average Bonchev–Trinajstić information content (AvgIpc) is 2.53. The highest BCUT2D eigenvalue weighted by atomic mass is 127. The quantitative estimate of drug-likeness (QED) is 0.221. The first-order valence-corrected chi connectivity index (χ1v) is 8.44. The van der Waals surface area contributed by atoms with Gasteiger partial charge in [-0.3, -0.25) is 4.79 Å². The molecule has 1 N–H and O–H groups in total. The number of amides is 1. The van der Waals surface area contributed by atoms with Crippen molar-refractivity contribution in [1.82, 2.24) is 0 Å². The van der Waals surface area contributed by atoms with Gasteiger partial charge in [-0.25, -0.2) is 17.6 Å². The molecule has 0 saturated carbocycles. The van der Waals surface area contributed by atoms with E-state index in [4.69, 9.17) is 0 Å². The van der Waals surface area contributed by atoms with E-state index in [0.717, 1.165) is 34.7 Å². The number of carbonyl (C=O) groups excluding carboxylic acids is 1. The van der Waals surface area contributed by atoms with Crippen molar-refractivity contribution < 1.29 is 35.9 Å². The van der Waals surface area contributed by atoms with Crippen molar-refractivity contribution in [2.75, 3.05) is 5.32 Å². The van der Waals surface area contributed by atoms with Crippen LogP contribution < -0.4 is 10.1 Å². The van der Waals surface area contributed by atoms with Gasteiger partial charge in [0.1, 0.15) is 0 Å². The molecule has 1 aliphatic rings. The van der Waals surface area contributed by atoms with Crippen LogP contribution in [0.2, 0.25) is 0 Å². The van der Waals surface area contributed by atoms with Gasteiger partial charge in [0, 0.05) is 9.13 Å². The molecule has 0 aliphatic carbocycles. The molecule has 3 nitrogen and oxygen atoms in total. The Labute approximate surface area is 163 Å². The van der Waals surface area contributed by atoms with E-state index >= 15 is 0 Å². The van der Waals surface area contributed by atoms with Crippen LogP contribution in [0.15, 0.2) is 12.1 Å². The second kappa shape index (κ2) is 6.17. The number of hydrogen-bond donors (Lipinski definition) is 1. The number of nitrogens with one attached hydrogen (secondary N) is 1. The van der Waals surface area contributed by atoms with Crippen molar-refractivity contribution in [1.29, 1.82) is 0 Å². The van der Waals surface area contributed by atoms with Crippen LogP contribution in [0, 0.1) is 30.4 Å². The van der Waals surface area contributed by atoms with Crippen molar-refractivity contribution in [3.05, 3.63) is 42.5 Å². The minimum Gasteiger partial charge on any atom is -0.423 e. The van der Waals surface area contributed by atoms with Gasteiger partial charge in [0.15, 0.2) is 29.0 Å². The fraction of sp³-hybridized carbons (Fsp3) is 0.0714. The van der Waals surface area contributed by atoms with Gasteiger partial charge >= 0.3 is 12.0 Å². The van der Waals surface area contributed by atoms with Crippen LogP contribution in [0.5, 0.6) is 5.75 Å². The van der Waals surface area contributed by atoms with E-state index < -0.39 is 50.2 Å². The first-order valence-electron chi connectivity index (χ1n) is 6.28. The Kier molecular flexibility index (Phi) is 4.58. The number of anilines is 1. The molecule has 25 heavy (non-hydrogen) atoms. The lowest BCUT2D eigenvalue weighted by atomic mass is 10.0. The normalized spacial score (nSPS) is 15.4. The average molecular weight is 585 g/mol. The van der Waals surface area contributed by atoms with Crippen molar-refractivity contribution in [3.8, 4) is 16.9 Å². The van der Waals surface area contributed by atoms with E-state index in [9.17, 15) is 31.1 Å². The summed E-state index contributed by atoms with van der Waals surface area (Å²) in [5.41, 5.74) is -1.67. The lowest BCUT2D eigenvalue weighted by Gasteiger charge is -2.25. The smallest absolute Gasteiger partial charge is 0.423 e. The highest BCUT2D eigenvalue weighted by Gasteiger charge is 2.46. The summed E-state index contributed by atoms with van der Waals surface area (Å²) in [6, 6.07) is 1.86. The van der Waals surface area contributed by atoms with E-state index in [1.54, 1.807) is 0 Å². The van der Waals surface area contributed by atoms with Crippen LogP contribution in [0.25, 0.3) is 11.1 Å². The molecule has 0 unspecified atom stereocenters. The highest BCUT2D eigenvalue weighted by Crippen LogP contribution is 2.42. The van der Waals surface area contributed by atoms with Crippen LogP contribution in [0.4, 0.5) is 32.0 Å². The standard InChI is InChI=1S/C14H3F6I2NO2/c15-8-7(9(16)11(18)12(22)10(8)17)3-1-5-6(2-4(3)21)25-14(19,20)13(24)23-5/h1-2H,(H,23,24). The summed E-state index contributed by atoms with van der Waals surface area (Å²) in [5, 5.41) is 1.82. The van der Waals surface area contributed by atoms with Crippen LogP contribution in [0.1, 0.15) is 0 Å². The maximum Gasteiger partial charge on any atom is 0.482 e. The number of hydrogen-bond acceptors (Lipinski definition) is 2. The summed E-state index contributed by atoms with van der Waals surface area (Å²) >= 11 is 2.65. The van der Waals surface area contributed by atoms with Gasteiger partial charge in [0.2, 0.25) is 0 Å². The van der Waals surface area contributed by atoms with Crippen LogP contribution in [0.3, 0.4) is 0 Å². The molecular formula is C14H3F6I2NO2. The summed E-state index contributed by atoms with van der Waals surface area (Å²) in [6.45, 7) is 0. The minimum atomic E-state index is -4.12. The van der Waals surface area contributed by atoms with Crippen LogP contribution >= 0.6 is 45.2 Å². The molecule has 0 spiro atoms. The molecule has 0 bridgehead atoms. The zero-order valence-electron chi connectivity index (χ0n) is 11.5. The molecule has 2 aromatic carbocycles. The Morgan fingerprint density at radius 1 is 0.960 bits per heavy atom. The maximum absolute atomic E-state index is 14.2. The van der Waals surface area contributed by atoms with Gasteiger partial charge in [-0.15, -0.1) is 0 Å². The van der Waals surface area contributed by atoms with Gasteiger partial charge in [0.25, 0.3) is 0 Å². The lowest BCUT2D eigenvalue weighted by molar-refractivity contribution is -0.189. The fourth-order valence-corrected chi connectivity index (χ4v) is 3.33. The first-order chi connectivity index (χ1) is 11.5. The molecule has 0 radical (unpaired) electrons. The summed E-state index contributed by atoms with van der Waals surface area (Å²) in [5.74, 6) is -8.70. The van der Waals surface area contributed by atoms with E-state index in [0.29, 0.717) is 0 Å². The van der Waals surface area contributed by atoms with Crippen LogP contribution in [-0.2, 0) is 4.79 Å². The number of alkyl halides is 2. The maximum atomic E-state index is 14.2. The molecule has 1 amide bonds. The molecule has 1 heterocycles. The van der Waals surface area contributed by atoms with E-state index in [1.807, 2.05) is 5.32 Å². The van der Waals surface area contributed by atoms with Crippen molar-refractivity contribution >= 4 is 56.8 Å². The molecule has 3 rings (SSSR count). The van der Waals surface area contributed by atoms with E-state index in [1.165, 1.54) is 22.6 Å². The van der Waals surface area contributed by atoms with Gasteiger partial charge in [-0.1, -0.05) is 0 Å². The Hall–Kier alpha value is -1.25. The number of benzene rings is 2. The Morgan fingerprint density at radius 3 is 2.08 bits per heavy atom. The lowest BCUT2D eigenvalue weighted by Crippen LogP contribution is -2.43. The van der Waals surface area contributed by atoms with Crippen molar-refractivity contribution in [2.45, 2.75) is 6.11 Å². The van der Waals surface area contributed by atoms with E-state index in [-0.39, 0.29) is 14.8 Å². The molecule has 1 aliphatic heterocycles. The Morgan fingerprint density at radius 2 is 1.52 bits per heavy atom. The molecule has 0 saturated heterocycles. The van der Waals surface area contributed by atoms with Crippen LogP contribution in [-0.4, -0.2) is 12.0 Å². The predicted molar refractivity (Wildman–Crippen MR) is 91.3 cm³/mol. The first kappa shape index (κ1) is 18.5. The van der Waals surface area contributed by atoms with Gasteiger partial charge in [-0.2, -0.15) is 8.78 Å². The SMILES string of the molecule is O=C1Nc2cc(-c3c(F)c(F)c(I)c(F)c3F)c(I)cc2OC1(F)F. The zero-order valence-corrected chi connectivity index (χ0v) is 15.8. The van der Waals surface area contributed by atoms with E-state index in [2.05, 4.69) is 4.74 Å². The Bertz CT molecular complexity index is 905. The third-order valence-corrected chi connectivity index (χ3v) is 5.14. The predicted octanol–water partition coefficient (Wildman–Crippen LogP) is 5.04. The summed E-state index contributed by atoms with van der Waals surface area (Å²) in [4.78, 5) is 11.2. The number of carbonyl (C=O) groups is 1. The van der Waals surface area contributed by atoms with Crippen molar-refractivity contribution in [3.63, 3.8) is 0 Å².